The largest absolute Gasteiger partial charge is 0.356 e. The lowest BCUT2D eigenvalue weighted by atomic mass is 10.1. The molecule has 23 heavy (non-hydrogen) atoms. The van der Waals surface area contributed by atoms with Gasteiger partial charge in [-0.25, -0.2) is 0 Å². The Labute approximate surface area is 136 Å². The molecule has 0 bridgehead atoms. The molecule has 1 saturated carbocycles. The van der Waals surface area contributed by atoms with E-state index in [0.29, 0.717) is 30.8 Å². The molecule has 1 aliphatic rings. The zero-order valence-electron chi connectivity index (χ0n) is 13.6. The van der Waals surface area contributed by atoms with E-state index in [1.165, 1.54) is 6.92 Å². The third kappa shape index (κ3) is 5.73. The first kappa shape index (κ1) is 17.0. The summed E-state index contributed by atoms with van der Waals surface area (Å²) in [7, 11) is 0. The second kappa shape index (κ2) is 7.76. The van der Waals surface area contributed by atoms with Crippen LogP contribution < -0.4 is 16.0 Å². The predicted octanol–water partition coefficient (Wildman–Crippen LogP) is 2.20. The first-order chi connectivity index (χ1) is 11.0. The van der Waals surface area contributed by atoms with Crippen molar-refractivity contribution in [3.05, 3.63) is 23.8 Å². The summed E-state index contributed by atoms with van der Waals surface area (Å²) in [6, 6.07) is 5.45. The summed E-state index contributed by atoms with van der Waals surface area (Å²) in [5.41, 5.74) is 2.16. The van der Waals surface area contributed by atoms with Crippen molar-refractivity contribution in [2.75, 3.05) is 17.2 Å². The molecule has 1 aromatic rings. The first-order valence-corrected chi connectivity index (χ1v) is 7.91. The number of nitrogens with one attached hydrogen (secondary N) is 3. The molecule has 1 fully saturated rings. The summed E-state index contributed by atoms with van der Waals surface area (Å²) in [5, 5.41) is 8.34. The molecule has 0 heterocycles. The molecule has 3 amide bonds. The van der Waals surface area contributed by atoms with Crippen LogP contribution in [-0.2, 0) is 14.4 Å². The van der Waals surface area contributed by atoms with Gasteiger partial charge < -0.3 is 16.0 Å². The minimum Gasteiger partial charge on any atom is -0.356 e. The number of amides is 3. The summed E-state index contributed by atoms with van der Waals surface area (Å²) in [4.78, 5) is 34.7. The molecule has 0 saturated heterocycles. The zero-order chi connectivity index (χ0) is 16.8. The van der Waals surface area contributed by atoms with Crippen LogP contribution in [0.5, 0.6) is 0 Å². The van der Waals surface area contributed by atoms with Gasteiger partial charge in [-0.1, -0.05) is 6.07 Å². The molecule has 124 valence electrons. The van der Waals surface area contributed by atoms with Crippen LogP contribution in [0.3, 0.4) is 0 Å². The van der Waals surface area contributed by atoms with E-state index in [1.54, 1.807) is 6.07 Å². The van der Waals surface area contributed by atoms with Gasteiger partial charge in [0.15, 0.2) is 0 Å². The van der Waals surface area contributed by atoms with E-state index in [4.69, 9.17) is 0 Å². The highest BCUT2D eigenvalue weighted by atomic mass is 16.2. The van der Waals surface area contributed by atoms with Gasteiger partial charge in [0.25, 0.3) is 0 Å². The van der Waals surface area contributed by atoms with E-state index in [-0.39, 0.29) is 23.6 Å². The lowest BCUT2D eigenvalue weighted by Crippen LogP contribution is -2.26. The molecule has 0 aliphatic heterocycles. The molecule has 0 spiro atoms. The van der Waals surface area contributed by atoms with Crippen LogP contribution >= 0.6 is 0 Å². The van der Waals surface area contributed by atoms with E-state index in [1.807, 2.05) is 19.1 Å². The highest BCUT2D eigenvalue weighted by Crippen LogP contribution is 2.28. The summed E-state index contributed by atoms with van der Waals surface area (Å²) in [5.74, 6) is -0.0385. The maximum absolute atomic E-state index is 12.0. The molecule has 1 aliphatic carbocycles. The Kier molecular flexibility index (Phi) is 5.73. The highest BCUT2D eigenvalue weighted by Gasteiger charge is 2.28. The molecule has 6 heteroatoms. The van der Waals surface area contributed by atoms with Gasteiger partial charge in [0.1, 0.15) is 0 Å². The van der Waals surface area contributed by atoms with Gasteiger partial charge in [0, 0.05) is 25.8 Å². The van der Waals surface area contributed by atoms with Crippen LogP contribution in [0.1, 0.15) is 38.2 Å². The van der Waals surface area contributed by atoms with E-state index in [2.05, 4.69) is 16.0 Å². The van der Waals surface area contributed by atoms with Gasteiger partial charge in [0.05, 0.1) is 11.4 Å². The van der Waals surface area contributed by atoms with Crippen molar-refractivity contribution in [2.24, 2.45) is 5.92 Å². The van der Waals surface area contributed by atoms with Crippen LogP contribution in [-0.4, -0.2) is 24.3 Å². The van der Waals surface area contributed by atoms with Crippen molar-refractivity contribution in [3.63, 3.8) is 0 Å². The number of hydrogen-bond acceptors (Lipinski definition) is 3. The summed E-state index contributed by atoms with van der Waals surface area (Å²) in [6.45, 7) is 3.85. The average molecular weight is 317 g/mol. The number of benzene rings is 1. The number of rotatable bonds is 7. The van der Waals surface area contributed by atoms with Crippen LogP contribution in [0.4, 0.5) is 11.4 Å². The Morgan fingerprint density at radius 3 is 2.52 bits per heavy atom. The van der Waals surface area contributed by atoms with Gasteiger partial charge in [0.2, 0.25) is 17.7 Å². The van der Waals surface area contributed by atoms with Gasteiger partial charge >= 0.3 is 0 Å². The second-order valence-corrected chi connectivity index (χ2v) is 5.95. The van der Waals surface area contributed by atoms with E-state index in [9.17, 15) is 14.4 Å². The second-order valence-electron chi connectivity index (χ2n) is 5.95. The van der Waals surface area contributed by atoms with Crippen molar-refractivity contribution in [3.8, 4) is 0 Å². The lowest BCUT2D eigenvalue weighted by Gasteiger charge is -2.12. The SMILES string of the molecule is CC(=O)Nc1ccc(C)cc1NC(=O)CCCNC(=O)C1CC1. The average Bonchev–Trinajstić information content (AvgIpc) is 3.30. The summed E-state index contributed by atoms with van der Waals surface area (Å²) >= 11 is 0. The molecule has 0 atom stereocenters. The van der Waals surface area contributed by atoms with Crippen LogP contribution in [0.25, 0.3) is 0 Å². The predicted molar refractivity (Wildman–Crippen MR) is 89.1 cm³/mol. The summed E-state index contributed by atoms with van der Waals surface area (Å²) in [6.07, 6.45) is 2.86. The molecular weight excluding hydrogens is 294 g/mol. The third-order valence-corrected chi connectivity index (χ3v) is 3.59. The van der Waals surface area contributed by atoms with E-state index >= 15 is 0 Å². The Hall–Kier alpha value is -2.37. The maximum Gasteiger partial charge on any atom is 0.224 e. The number of carbonyl (C=O) groups is 3. The molecule has 6 nitrogen and oxygen atoms in total. The molecule has 1 aromatic carbocycles. The van der Waals surface area contributed by atoms with Crippen molar-refractivity contribution < 1.29 is 14.4 Å². The minimum absolute atomic E-state index is 0.0945. The number of carbonyl (C=O) groups excluding carboxylic acids is 3. The molecule has 2 rings (SSSR count). The maximum atomic E-state index is 12.0. The van der Waals surface area contributed by atoms with Crippen LogP contribution in [0, 0.1) is 12.8 Å². The number of anilines is 2. The van der Waals surface area contributed by atoms with Crippen molar-refractivity contribution in [2.45, 2.75) is 39.5 Å². The van der Waals surface area contributed by atoms with Crippen molar-refractivity contribution in [1.82, 2.24) is 5.32 Å². The lowest BCUT2D eigenvalue weighted by molar-refractivity contribution is -0.122. The Morgan fingerprint density at radius 1 is 1.13 bits per heavy atom. The smallest absolute Gasteiger partial charge is 0.224 e. The van der Waals surface area contributed by atoms with Gasteiger partial charge in [-0.15, -0.1) is 0 Å². The van der Waals surface area contributed by atoms with Gasteiger partial charge in [-0.3, -0.25) is 14.4 Å². The molecule has 0 unspecified atom stereocenters. The Bertz CT molecular complexity index is 609. The highest BCUT2D eigenvalue weighted by molar-refractivity contribution is 5.99. The van der Waals surface area contributed by atoms with Gasteiger partial charge in [-0.2, -0.15) is 0 Å². The normalized spacial score (nSPS) is 13.3. The quantitative estimate of drug-likeness (QED) is 0.674. The number of aryl methyl sites for hydroxylation is 1. The van der Waals surface area contributed by atoms with Crippen molar-refractivity contribution >= 4 is 29.1 Å². The zero-order valence-corrected chi connectivity index (χ0v) is 13.6. The fraction of sp³-hybridized carbons (Fsp3) is 0.471. The van der Waals surface area contributed by atoms with Crippen LogP contribution in [0.15, 0.2) is 18.2 Å². The molecule has 3 N–H and O–H groups in total. The van der Waals surface area contributed by atoms with Crippen LogP contribution in [0.2, 0.25) is 0 Å². The molecule has 0 aromatic heterocycles. The number of hydrogen-bond donors (Lipinski definition) is 3. The van der Waals surface area contributed by atoms with E-state index in [0.717, 1.165) is 18.4 Å². The fourth-order valence-corrected chi connectivity index (χ4v) is 2.22. The molecular formula is C17H23N3O3. The first-order valence-electron chi connectivity index (χ1n) is 7.91. The Balaban J connectivity index is 1.80. The van der Waals surface area contributed by atoms with Gasteiger partial charge in [-0.05, 0) is 43.9 Å². The Morgan fingerprint density at radius 2 is 1.87 bits per heavy atom. The minimum atomic E-state index is -0.188. The van der Waals surface area contributed by atoms with E-state index < -0.39 is 0 Å². The summed E-state index contributed by atoms with van der Waals surface area (Å²) < 4.78 is 0. The topological polar surface area (TPSA) is 87.3 Å². The van der Waals surface area contributed by atoms with Crippen molar-refractivity contribution in [1.29, 1.82) is 0 Å². The monoisotopic (exact) mass is 317 g/mol. The third-order valence-electron chi connectivity index (χ3n) is 3.59. The molecule has 0 radical (unpaired) electrons. The standard InChI is InChI=1S/C17H23N3O3/c1-11-5-8-14(19-12(2)21)15(10-11)20-16(22)4-3-9-18-17(23)13-6-7-13/h5,8,10,13H,3-4,6-7,9H2,1-2H3,(H,18,23)(H,19,21)(H,20,22). The fourth-order valence-electron chi connectivity index (χ4n) is 2.22.